The molecule has 1 fully saturated rings. The van der Waals surface area contributed by atoms with E-state index in [1.807, 2.05) is 0 Å². The highest BCUT2D eigenvalue weighted by molar-refractivity contribution is 6.30. The van der Waals surface area contributed by atoms with E-state index in [-0.39, 0.29) is 11.8 Å². The zero-order valence-corrected chi connectivity index (χ0v) is 9.17. The normalized spacial score (nSPS) is 20.7. The summed E-state index contributed by atoms with van der Waals surface area (Å²) in [6, 6.07) is 5.05. The van der Waals surface area contributed by atoms with Crippen molar-refractivity contribution in [2.75, 3.05) is 13.7 Å². The van der Waals surface area contributed by atoms with E-state index in [0.717, 1.165) is 12.1 Å². The van der Waals surface area contributed by atoms with Gasteiger partial charge in [-0.25, -0.2) is 0 Å². The summed E-state index contributed by atoms with van der Waals surface area (Å²) in [5, 5.41) is 3.75. The molecular weight excluding hydrogens is 214 g/mol. The molecule has 3 nitrogen and oxygen atoms in total. The second-order valence-electron chi connectivity index (χ2n) is 3.49. The largest absolute Gasteiger partial charge is 0.496 e. The van der Waals surface area contributed by atoms with Crippen molar-refractivity contribution in [3.8, 4) is 5.75 Å². The number of carbonyl (C=O) groups excluding carboxylic acids is 1. The van der Waals surface area contributed by atoms with Crippen LogP contribution in [0.3, 0.4) is 0 Å². The molecule has 1 aliphatic rings. The van der Waals surface area contributed by atoms with Gasteiger partial charge < -0.3 is 10.1 Å². The van der Waals surface area contributed by atoms with Gasteiger partial charge in [0.2, 0.25) is 0 Å². The van der Waals surface area contributed by atoms with Crippen LogP contribution in [-0.2, 0) is 4.79 Å². The molecule has 2 rings (SSSR count). The smallest absolute Gasteiger partial charge is 0.155 e. The Morgan fingerprint density at radius 3 is 2.93 bits per heavy atom. The van der Waals surface area contributed by atoms with Gasteiger partial charge in [0.1, 0.15) is 5.75 Å². The molecule has 0 radical (unpaired) electrons. The van der Waals surface area contributed by atoms with E-state index in [1.54, 1.807) is 25.3 Å². The van der Waals surface area contributed by atoms with Crippen LogP contribution in [0.5, 0.6) is 5.75 Å². The van der Waals surface area contributed by atoms with Crippen LogP contribution < -0.4 is 10.1 Å². The quantitative estimate of drug-likeness (QED) is 0.836. The molecule has 1 aliphatic heterocycles. The molecule has 0 bridgehead atoms. The molecule has 0 amide bonds. The molecule has 1 aromatic carbocycles. The molecule has 1 atom stereocenters. The van der Waals surface area contributed by atoms with Crippen molar-refractivity contribution in [1.29, 1.82) is 0 Å². The molecule has 1 aromatic rings. The van der Waals surface area contributed by atoms with Crippen LogP contribution in [0.25, 0.3) is 0 Å². The van der Waals surface area contributed by atoms with E-state index in [2.05, 4.69) is 5.32 Å². The van der Waals surface area contributed by atoms with E-state index in [9.17, 15) is 4.79 Å². The van der Waals surface area contributed by atoms with E-state index >= 15 is 0 Å². The highest BCUT2D eigenvalue weighted by Gasteiger charge is 2.27. The minimum Gasteiger partial charge on any atom is -0.496 e. The number of methoxy groups -OCH3 is 1. The fraction of sp³-hybridized carbons (Fsp3) is 0.364. The second-order valence-corrected chi connectivity index (χ2v) is 3.93. The first kappa shape index (κ1) is 10.5. The second kappa shape index (κ2) is 4.21. The van der Waals surface area contributed by atoms with Gasteiger partial charge >= 0.3 is 0 Å². The van der Waals surface area contributed by atoms with Crippen molar-refractivity contribution < 1.29 is 9.53 Å². The van der Waals surface area contributed by atoms with Gasteiger partial charge in [0.25, 0.3) is 0 Å². The van der Waals surface area contributed by atoms with Crippen molar-refractivity contribution in [1.82, 2.24) is 5.32 Å². The summed E-state index contributed by atoms with van der Waals surface area (Å²) in [5.41, 5.74) is 0.826. The van der Waals surface area contributed by atoms with Gasteiger partial charge in [-0.3, -0.25) is 4.79 Å². The van der Waals surface area contributed by atoms with E-state index < -0.39 is 0 Å². The summed E-state index contributed by atoms with van der Waals surface area (Å²) in [6.07, 6.45) is 0.570. The van der Waals surface area contributed by atoms with Crippen molar-refractivity contribution in [3.05, 3.63) is 28.8 Å². The number of halogens is 1. The first-order valence-corrected chi connectivity index (χ1v) is 5.19. The van der Waals surface area contributed by atoms with Crippen LogP contribution in [-0.4, -0.2) is 19.4 Å². The highest BCUT2D eigenvalue weighted by Crippen LogP contribution is 2.31. The number of benzene rings is 1. The fourth-order valence-electron chi connectivity index (χ4n) is 1.81. The molecule has 1 N–H and O–H groups in total. The maximum atomic E-state index is 11.6. The van der Waals surface area contributed by atoms with Crippen molar-refractivity contribution in [3.63, 3.8) is 0 Å². The molecule has 0 spiro atoms. The first-order valence-electron chi connectivity index (χ1n) is 4.82. The molecule has 0 aliphatic carbocycles. The van der Waals surface area contributed by atoms with Crippen LogP contribution >= 0.6 is 11.6 Å². The molecule has 15 heavy (non-hydrogen) atoms. The fourth-order valence-corrected chi connectivity index (χ4v) is 1.99. The molecule has 1 saturated heterocycles. The van der Waals surface area contributed by atoms with Crippen LogP contribution in [0.15, 0.2) is 18.2 Å². The average Bonchev–Trinajstić information content (AvgIpc) is 2.64. The molecule has 1 unspecified atom stereocenters. The zero-order chi connectivity index (χ0) is 10.8. The minimum atomic E-state index is -0.265. The molecule has 0 saturated carbocycles. The maximum absolute atomic E-state index is 11.6. The summed E-state index contributed by atoms with van der Waals surface area (Å²) < 4.78 is 5.21. The monoisotopic (exact) mass is 225 g/mol. The molecule has 1 heterocycles. The van der Waals surface area contributed by atoms with Gasteiger partial charge in [-0.15, -0.1) is 0 Å². The molecular formula is C11H12ClNO2. The number of ketones is 1. The van der Waals surface area contributed by atoms with Crippen LogP contribution in [0.1, 0.15) is 18.0 Å². The lowest BCUT2D eigenvalue weighted by atomic mass is 10.0. The van der Waals surface area contributed by atoms with Gasteiger partial charge in [0, 0.05) is 23.6 Å². The van der Waals surface area contributed by atoms with E-state index in [0.29, 0.717) is 17.2 Å². The van der Waals surface area contributed by atoms with Gasteiger partial charge in [0.15, 0.2) is 5.78 Å². The number of hydrogen-bond acceptors (Lipinski definition) is 3. The Morgan fingerprint density at radius 2 is 2.33 bits per heavy atom. The van der Waals surface area contributed by atoms with Crippen molar-refractivity contribution >= 4 is 17.4 Å². The van der Waals surface area contributed by atoms with Crippen LogP contribution in [0.2, 0.25) is 5.02 Å². The topological polar surface area (TPSA) is 38.3 Å². The lowest BCUT2D eigenvalue weighted by Gasteiger charge is -2.14. The number of Topliss-reactive ketones (excluding diaryl/α,β-unsaturated/α-hetero) is 1. The third-order valence-corrected chi connectivity index (χ3v) is 2.78. The lowest BCUT2D eigenvalue weighted by Crippen LogP contribution is -2.18. The number of carbonyl (C=O) groups is 1. The van der Waals surface area contributed by atoms with Gasteiger partial charge in [-0.1, -0.05) is 11.6 Å². The maximum Gasteiger partial charge on any atom is 0.155 e. The van der Waals surface area contributed by atoms with E-state index in [1.165, 1.54) is 0 Å². The van der Waals surface area contributed by atoms with E-state index in [4.69, 9.17) is 16.3 Å². The summed E-state index contributed by atoms with van der Waals surface area (Å²) in [4.78, 5) is 11.6. The summed E-state index contributed by atoms with van der Waals surface area (Å²) in [5.74, 6) is 0.891. The zero-order valence-electron chi connectivity index (χ0n) is 8.42. The van der Waals surface area contributed by atoms with Crippen LogP contribution in [0.4, 0.5) is 0 Å². The number of ether oxygens (including phenoxy) is 1. The summed E-state index contributed by atoms with van der Waals surface area (Å²) in [6.45, 7) is 0.721. The Balaban J connectivity index is 2.40. The standard InChI is InChI=1S/C11H12ClNO2/c1-15-10-3-2-7(12)6-8(10)11-9(14)4-5-13-11/h2-3,6,11,13H,4-5H2,1H3. The van der Waals surface area contributed by atoms with Crippen LogP contribution in [0, 0.1) is 0 Å². The summed E-state index contributed by atoms with van der Waals surface area (Å²) >= 11 is 5.91. The Bertz CT molecular complexity index is 392. The molecule has 4 heteroatoms. The Kier molecular flexibility index (Phi) is 2.93. The van der Waals surface area contributed by atoms with Gasteiger partial charge in [0.05, 0.1) is 13.2 Å². The Morgan fingerprint density at radius 1 is 1.53 bits per heavy atom. The highest BCUT2D eigenvalue weighted by atomic mass is 35.5. The Hall–Kier alpha value is -1.06. The first-order chi connectivity index (χ1) is 7.22. The van der Waals surface area contributed by atoms with Gasteiger partial charge in [-0.05, 0) is 18.2 Å². The van der Waals surface area contributed by atoms with Gasteiger partial charge in [-0.2, -0.15) is 0 Å². The average molecular weight is 226 g/mol. The third kappa shape index (κ3) is 1.98. The summed E-state index contributed by atoms with van der Waals surface area (Å²) in [7, 11) is 1.59. The van der Waals surface area contributed by atoms with Crippen molar-refractivity contribution in [2.45, 2.75) is 12.5 Å². The third-order valence-electron chi connectivity index (χ3n) is 2.54. The SMILES string of the molecule is COc1ccc(Cl)cc1C1NCCC1=O. The lowest BCUT2D eigenvalue weighted by molar-refractivity contribution is -0.118. The minimum absolute atomic E-state index is 0.190. The number of rotatable bonds is 2. The number of nitrogens with one attached hydrogen (secondary N) is 1. The molecule has 0 aromatic heterocycles. The molecule has 80 valence electrons. The number of hydrogen-bond donors (Lipinski definition) is 1. The predicted octanol–water partition coefficient (Wildman–Crippen LogP) is 1.95. The Labute approximate surface area is 93.4 Å². The van der Waals surface area contributed by atoms with Crippen molar-refractivity contribution in [2.24, 2.45) is 0 Å². The predicted molar refractivity (Wildman–Crippen MR) is 58.4 cm³/mol.